The van der Waals surface area contributed by atoms with E-state index < -0.39 is 15.5 Å². The van der Waals surface area contributed by atoms with E-state index in [0.29, 0.717) is 38.2 Å². The summed E-state index contributed by atoms with van der Waals surface area (Å²) in [5.41, 5.74) is 3.59. The van der Waals surface area contributed by atoms with Gasteiger partial charge in [0.05, 0.1) is 21.4 Å². The van der Waals surface area contributed by atoms with Crippen molar-refractivity contribution in [3.8, 4) is 0 Å². The van der Waals surface area contributed by atoms with Crippen LogP contribution < -0.4 is 10.9 Å². The summed E-state index contributed by atoms with van der Waals surface area (Å²) in [6, 6.07) is 10.8. The topological polar surface area (TPSA) is 120 Å². The molecule has 0 unspecified atom stereocenters. The molecule has 0 radical (unpaired) electrons. The summed E-state index contributed by atoms with van der Waals surface area (Å²) in [6.45, 7) is 3.91. The number of benzene rings is 3. The molecule has 5 aromatic rings. The molecule has 3 aromatic carbocycles. The molecule has 0 spiro atoms. The van der Waals surface area contributed by atoms with Crippen molar-refractivity contribution < 1.29 is 13.0 Å². The van der Waals surface area contributed by atoms with Gasteiger partial charge in [0.15, 0.2) is 10.9 Å². The zero-order valence-electron chi connectivity index (χ0n) is 16.0. The minimum Gasteiger partial charge on any atom is -0.354 e. The van der Waals surface area contributed by atoms with Crippen LogP contribution in [0.15, 0.2) is 56.9 Å². The van der Waals surface area contributed by atoms with Crippen molar-refractivity contribution >= 4 is 53.7 Å². The Kier molecular flexibility index (Phi) is 3.71. The lowest BCUT2D eigenvalue weighted by Gasteiger charge is -2.09. The van der Waals surface area contributed by atoms with Crippen LogP contribution in [0.5, 0.6) is 0 Å². The smallest absolute Gasteiger partial charge is 0.294 e. The molecule has 3 N–H and O–H groups in total. The van der Waals surface area contributed by atoms with E-state index in [4.69, 9.17) is 0 Å². The van der Waals surface area contributed by atoms with E-state index in [1.165, 1.54) is 12.1 Å². The van der Waals surface area contributed by atoms with Crippen LogP contribution in [0, 0.1) is 13.8 Å². The molecule has 0 fully saturated rings. The third-order valence-electron chi connectivity index (χ3n) is 5.60. The largest absolute Gasteiger partial charge is 0.354 e. The van der Waals surface area contributed by atoms with Gasteiger partial charge in [-0.2, -0.15) is 8.42 Å². The molecule has 0 saturated carbocycles. The van der Waals surface area contributed by atoms with Gasteiger partial charge in [0.25, 0.3) is 10.1 Å². The normalized spacial score (nSPS) is 12.4. The molecule has 0 atom stereocenters. The fourth-order valence-electron chi connectivity index (χ4n) is 3.85. The Labute approximate surface area is 169 Å². The number of hydrogen-bond donors (Lipinski definition) is 3. The second-order valence-electron chi connectivity index (χ2n) is 7.52. The molecule has 0 aliphatic carbocycles. The van der Waals surface area contributed by atoms with E-state index >= 15 is 0 Å². The number of nitrogens with one attached hydrogen (secondary N) is 2. The average Bonchev–Trinajstić information content (AvgIpc) is 2.68. The zero-order valence-corrected chi connectivity index (χ0v) is 16.8. The van der Waals surface area contributed by atoms with Gasteiger partial charge in [0.2, 0.25) is 0 Å². The molecular weight excluding hydrogens is 404 g/mol. The first-order valence-corrected chi connectivity index (χ1v) is 10.6. The SMILES string of the molecule is Cc1cc2[nH]c3cc4c(=O)c5cc(S(=O)(=O)O)ccc5[nH]c4cc3c(=O)c2cc1C. The first kappa shape index (κ1) is 18.5. The molecule has 0 aliphatic rings. The third kappa shape index (κ3) is 2.65. The molecule has 30 heavy (non-hydrogen) atoms. The summed E-state index contributed by atoms with van der Waals surface area (Å²) in [4.78, 5) is 32.1. The Morgan fingerprint density at radius 2 is 1.13 bits per heavy atom. The van der Waals surface area contributed by atoms with Crippen LogP contribution in [-0.2, 0) is 10.1 Å². The molecule has 150 valence electrons. The minimum atomic E-state index is -4.44. The Bertz CT molecular complexity index is 1780. The Balaban J connectivity index is 1.93. The summed E-state index contributed by atoms with van der Waals surface area (Å²) < 4.78 is 32.2. The van der Waals surface area contributed by atoms with E-state index in [2.05, 4.69) is 9.97 Å². The van der Waals surface area contributed by atoms with Crippen molar-refractivity contribution in [2.24, 2.45) is 0 Å². The van der Waals surface area contributed by atoms with Crippen LogP contribution in [0.3, 0.4) is 0 Å². The van der Waals surface area contributed by atoms with Crippen LogP contribution in [0.1, 0.15) is 11.1 Å². The summed E-state index contributed by atoms with van der Waals surface area (Å²) >= 11 is 0. The third-order valence-corrected chi connectivity index (χ3v) is 6.45. The fraction of sp³-hybridized carbons (Fsp3) is 0.0909. The van der Waals surface area contributed by atoms with E-state index in [-0.39, 0.29) is 15.7 Å². The number of aromatic amines is 2. The van der Waals surface area contributed by atoms with Gasteiger partial charge in [0.1, 0.15) is 0 Å². The predicted molar refractivity (Wildman–Crippen MR) is 117 cm³/mol. The number of fused-ring (bicyclic) bond motifs is 4. The first-order chi connectivity index (χ1) is 14.1. The van der Waals surface area contributed by atoms with E-state index in [0.717, 1.165) is 17.2 Å². The van der Waals surface area contributed by atoms with Gasteiger partial charge in [-0.05, 0) is 67.4 Å². The molecule has 5 rings (SSSR count). The van der Waals surface area contributed by atoms with Crippen LogP contribution in [0.2, 0.25) is 0 Å². The van der Waals surface area contributed by atoms with Crippen molar-refractivity contribution in [1.29, 1.82) is 0 Å². The van der Waals surface area contributed by atoms with Gasteiger partial charge in [0, 0.05) is 27.1 Å². The monoisotopic (exact) mass is 420 g/mol. The highest BCUT2D eigenvalue weighted by Crippen LogP contribution is 2.24. The van der Waals surface area contributed by atoms with Crippen molar-refractivity contribution in [3.05, 3.63) is 74.0 Å². The highest BCUT2D eigenvalue weighted by atomic mass is 32.2. The molecule has 0 saturated heterocycles. The van der Waals surface area contributed by atoms with Gasteiger partial charge in [-0.3, -0.25) is 14.1 Å². The second kappa shape index (κ2) is 6.01. The van der Waals surface area contributed by atoms with E-state index in [1.54, 1.807) is 12.1 Å². The molecule has 0 amide bonds. The number of aromatic nitrogens is 2. The van der Waals surface area contributed by atoms with Crippen LogP contribution >= 0.6 is 0 Å². The van der Waals surface area contributed by atoms with Crippen LogP contribution in [0.25, 0.3) is 43.6 Å². The minimum absolute atomic E-state index is 0.131. The van der Waals surface area contributed by atoms with Gasteiger partial charge in [-0.25, -0.2) is 0 Å². The number of hydrogen-bond acceptors (Lipinski definition) is 4. The molecule has 0 bridgehead atoms. The van der Waals surface area contributed by atoms with Crippen molar-refractivity contribution in [2.45, 2.75) is 18.7 Å². The maximum atomic E-state index is 13.1. The second-order valence-corrected chi connectivity index (χ2v) is 8.94. The number of rotatable bonds is 1. The van der Waals surface area contributed by atoms with Crippen molar-refractivity contribution in [3.63, 3.8) is 0 Å². The lowest BCUT2D eigenvalue weighted by molar-refractivity contribution is 0.483. The van der Waals surface area contributed by atoms with Crippen molar-refractivity contribution in [2.75, 3.05) is 0 Å². The Morgan fingerprint density at radius 1 is 0.667 bits per heavy atom. The summed E-state index contributed by atoms with van der Waals surface area (Å²) in [5, 5.41) is 1.46. The molecule has 8 heteroatoms. The van der Waals surface area contributed by atoms with Crippen molar-refractivity contribution in [1.82, 2.24) is 9.97 Å². The van der Waals surface area contributed by atoms with Gasteiger partial charge in [-0.15, -0.1) is 0 Å². The van der Waals surface area contributed by atoms with Gasteiger partial charge in [-0.1, -0.05) is 0 Å². The first-order valence-electron chi connectivity index (χ1n) is 9.18. The Morgan fingerprint density at radius 3 is 1.73 bits per heavy atom. The summed E-state index contributed by atoms with van der Waals surface area (Å²) in [6.07, 6.45) is 0. The molecular formula is C22H16N2O5S. The maximum absolute atomic E-state index is 13.1. The number of aryl methyl sites for hydroxylation is 2. The molecule has 7 nitrogen and oxygen atoms in total. The fourth-order valence-corrected chi connectivity index (χ4v) is 4.36. The van der Waals surface area contributed by atoms with Gasteiger partial charge < -0.3 is 9.97 Å². The van der Waals surface area contributed by atoms with Crippen LogP contribution in [-0.4, -0.2) is 22.9 Å². The molecule has 2 heterocycles. The lowest BCUT2D eigenvalue weighted by Crippen LogP contribution is -2.09. The summed E-state index contributed by atoms with van der Waals surface area (Å²) in [5.74, 6) is 0. The molecule has 2 aromatic heterocycles. The quantitative estimate of drug-likeness (QED) is 0.283. The van der Waals surface area contributed by atoms with Crippen LogP contribution in [0.4, 0.5) is 0 Å². The maximum Gasteiger partial charge on any atom is 0.294 e. The average molecular weight is 420 g/mol. The zero-order chi connectivity index (χ0) is 21.4. The highest BCUT2D eigenvalue weighted by Gasteiger charge is 2.15. The number of H-pyrrole nitrogens is 2. The molecule has 0 aliphatic heterocycles. The lowest BCUT2D eigenvalue weighted by atomic mass is 10.0. The van der Waals surface area contributed by atoms with Gasteiger partial charge >= 0.3 is 0 Å². The van der Waals surface area contributed by atoms with E-state index in [1.807, 2.05) is 26.0 Å². The van der Waals surface area contributed by atoms with E-state index in [9.17, 15) is 22.6 Å². The highest BCUT2D eigenvalue weighted by molar-refractivity contribution is 7.85. The standard InChI is InChI=1S/C22H16N2O5S/c1-10-5-13-18(6-11(10)2)24-20-9-15-19(8-16(20)21(13)25)23-17-4-3-12(30(27,28)29)7-14(17)22(15)26/h3-9H,1-2H3,(H,23,26)(H,24,25)(H,27,28,29). The number of pyridine rings is 2. The summed E-state index contributed by atoms with van der Waals surface area (Å²) in [7, 11) is -4.44. The predicted octanol–water partition coefficient (Wildman–Crippen LogP) is 3.54. The Hall–Kier alpha value is -3.49.